The highest BCUT2D eigenvalue weighted by atomic mass is 16.6. The van der Waals surface area contributed by atoms with Crippen LogP contribution in [-0.4, -0.2) is 29.7 Å². The maximum absolute atomic E-state index is 13.4. The smallest absolute Gasteiger partial charge is 0.410 e. The molecule has 5 saturated carbocycles. The molecule has 0 saturated heterocycles. The van der Waals surface area contributed by atoms with E-state index in [0.29, 0.717) is 30.5 Å². The molecule has 43 heavy (non-hydrogen) atoms. The van der Waals surface area contributed by atoms with Crippen LogP contribution < -0.4 is 5.32 Å². The second-order valence-electron chi connectivity index (χ2n) is 17.5. The Morgan fingerprint density at radius 1 is 0.837 bits per heavy atom. The van der Waals surface area contributed by atoms with Crippen molar-refractivity contribution in [3.8, 4) is 0 Å². The van der Waals surface area contributed by atoms with Crippen molar-refractivity contribution >= 4 is 17.8 Å². The first kappa shape index (κ1) is 31.1. The van der Waals surface area contributed by atoms with E-state index in [1.807, 2.05) is 0 Å². The van der Waals surface area contributed by atoms with Crippen LogP contribution in [-0.2, 0) is 19.1 Å². The Balaban J connectivity index is 1.34. The topological polar surface area (TPSA) is 81.7 Å². The van der Waals surface area contributed by atoms with Gasteiger partial charge in [0.15, 0.2) is 11.5 Å². The average molecular weight is 596 g/mol. The molecule has 240 valence electrons. The number of carbonyl (C=O) groups excluding carboxylic acids is 3. The Morgan fingerprint density at radius 3 is 2.14 bits per heavy atom. The summed E-state index contributed by atoms with van der Waals surface area (Å²) in [7, 11) is 0. The van der Waals surface area contributed by atoms with Crippen molar-refractivity contribution in [3.63, 3.8) is 0 Å². The van der Waals surface area contributed by atoms with Gasteiger partial charge in [-0.15, -0.1) is 0 Å². The van der Waals surface area contributed by atoms with Crippen molar-refractivity contribution in [1.29, 1.82) is 0 Å². The van der Waals surface area contributed by atoms with Gasteiger partial charge >= 0.3 is 12.1 Å². The zero-order valence-corrected chi connectivity index (χ0v) is 28.4. The monoisotopic (exact) mass is 595 g/mol. The maximum atomic E-state index is 13.4. The summed E-state index contributed by atoms with van der Waals surface area (Å²) in [6, 6.07) is 0. The van der Waals surface area contributed by atoms with Gasteiger partial charge in [0, 0.05) is 25.2 Å². The summed E-state index contributed by atoms with van der Waals surface area (Å²) in [6.07, 6.45) is 11.3. The first-order chi connectivity index (χ1) is 19.9. The number of hydrogen-bond acceptors (Lipinski definition) is 5. The molecule has 5 fully saturated rings. The minimum Gasteiger partial charge on any atom is -0.446 e. The van der Waals surface area contributed by atoms with Gasteiger partial charge in [-0.05, 0) is 115 Å². The normalized spacial score (nSPS) is 45.3. The second kappa shape index (κ2) is 9.82. The summed E-state index contributed by atoms with van der Waals surface area (Å²) in [5, 5.41) is 3.14. The van der Waals surface area contributed by atoms with Crippen LogP contribution in [0.15, 0.2) is 11.1 Å². The SMILES string of the molecule is CC(=O)O[C@@]1(NC(=O)OC2CCC2)CC[C@]2(C)[C@H]3CC[C@@H]4C5=C(C(C)C)C(=O)C[C@]5(C)CC[C@@]4(C)[C@]3(C)CC[C@H]2C1(C)C. The van der Waals surface area contributed by atoms with Crippen molar-refractivity contribution in [2.75, 3.05) is 0 Å². The van der Waals surface area contributed by atoms with Gasteiger partial charge in [-0.25, -0.2) is 4.79 Å². The van der Waals surface area contributed by atoms with Gasteiger partial charge in [0.05, 0.1) is 0 Å². The lowest BCUT2D eigenvalue weighted by atomic mass is 9.32. The van der Waals surface area contributed by atoms with Crippen LogP contribution in [0, 0.1) is 50.7 Å². The first-order valence-corrected chi connectivity index (χ1v) is 17.4. The molecule has 0 aromatic rings. The average Bonchev–Trinajstić information content (AvgIpc) is 3.14. The Morgan fingerprint density at radius 2 is 1.53 bits per heavy atom. The van der Waals surface area contributed by atoms with Crippen LogP contribution in [0.3, 0.4) is 0 Å². The van der Waals surface area contributed by atoms with E-state index in [0.717, 1.165) is 63.4 Å². The van der Waals surface area contributed by atoms with Crippen molar-refractivity contribution in [2.45, 2.75) is 151 Å². The molecule has 1 N–H and O–H groups in total. The summed E-state index contributed by atoms with van der Waals surface area (Å²) < 4.78 is 11.9. The molecule has 1 amide bonds. The Hall–Kier alpha value is -1.85. The summed E-state index contributed by atoms with van der Waals surface area (Å²) in [5.41, 5.74) is 1.49. The second-order valence-corrected chi connectivity index (χ2v) is 17.5. The summed E-state index contributed by atoms with van der Waals surface area (Å²) in [4.78, 5) is 39.1. The number of esters is 1. The van der Waals surface area contributed by atoms with E-state index in [1.165, 1.54) is 18.9 Å². The lowest BCUT2D eigenvalue weighted by Gasteiger charge is -2.73. The van der Waals surface area contributed by atoms with Crippen LogP contribution in [0.5, 0.6) is 0 Å². The number of Topliss-reactive ketones (excluding diaryl/α,β-unsaturated/α-hetero) is 1. The Kier molecular flexibility index (Phi) is 7.12. The van der Waals surface area contributed by atoms with Crippen molar-refractivity contribution in [3.05, 3.63) is 11.1 Å². The molecule has 0 unspecified atom stereocenters. The van der Waals surface area contributed by atoms with Gasteiger partial charge < -0.3 is 9.47 Å². The fourth-order valence-corrected chi connectivity index (χ4v) is 12.3. The molecule has 6 nitrogen and oxygen atoms in total. The molecule has 6 aliphatic carbocycles. The Bertz CT molecular complexity index is 1250. The molecule has 0 spiro atoms. The minimum absolute atomic E-state index is 0.0292. The van der Waals surface area contributed by atoms with Gasteiger partial charge in [0.25, 0.3) is 0 Å². The lowest BCUT2D eigenvalue weighted by molar-refractivity contribution is -0.263. The van der Waals surface area contributed by atoms with Crippen LogP contribution in [0.2, 0.25) is 0 Å². The van der Waals surface area contributed by atoms with Gasteiger partial charge in [-0.3, -0.25) is 14.9 Å². The molecule has 0 radical (unpaired) electrons. The molecule has 0 aliphatic heterocycles. The van der Waals surface area contributed by atoms with Crippen LogP contribution in [0.1, 0.15) is 139 Å². The summed E-state index contributed by atoms with van der Waals surface area (Å²) >= 11 is 0. The van der Waals surface area contributed by atoms with E-state index in [4.69, 9.17) is 9.47 Å². The predicted octanol–water partition coefficient (Wildman–Crippen LogP) is 8.53. The molecule has 0 bridgehead atoms. The molecule has 0 aromatic heterocycles. The predicted molar refractivity (Wildman–Crippen MR) is 167 cm³/mol. The van der Waals surface area contributed by atoms with Crippen LogP contribution in [0.25, 0.3) is 0 Å². The highest BCUT2D eigenvalue weighted by Crippen LogP contribution is 2.77. The van der Waals surface area contributed by atoms with E-state index in [9.17, 15) is 14.4 Å². The van der Waals surface area contributed by atoms with E-state index < -0.39 is 17.2 Å². The molecule has 6 heteroatoms. The number of rotatable bonds is 4. The van der Waals surface area contributed by atoms with Crippen molar-refractivity contribution < 1.29 is 23.9 Å². The summed E-state index contributed by atoms with van der Waals surface area (Å²) in [5.74, 6) is 1.60. The highest BCUT2D eigenvalue weighted by Gasteiger charge is 2.72. The number of ether oxygens (including phenoxy) is 2. The van der Waals surface area contributed by atoms with E-state index in [2.05, 4.69) is 60.7 Å². The molecular formula is C37H57NO5. The van der Waals surface area contributed by atoms with E-state index in [-0.39, 0.29) is 45.6 Å². The van der Waals surface area contributed by atoms with Crippen molar-refractivity contribution in [1.82, 2.24) is 5.32 Å². The fourth-order valence-electron chi connectivity index (χ4n) is 12.3. The number of hydrogen-bond donors (Lipinski definition) is 1. The zero-order chi connectivity index (χ0) is 31.4. The molecule has 0 aromatic carbocycles. The number of amides is 1. The van der Waals surface area contributed by atoms with Crippen LogP contribution in [0.4, 0.5) is 4.79 Å². The largest absolute Gasteiger partial charge is 0.446 e. The number of allylic oxidation sites excluding steroid dienone is 2. The van der Waals surface area contributed by atoms with E-state index in [1.54, 1.807) is 0 Å². The number of nitrogens with one attached hydrogen (secondary N) is 1. The van der Waals surface area contributed by atoms with E-state index >= 15 is 0 Å². The number of fused-ring (bicyclic) bond motifs is 7. The van der Waals surface area contributed by atoms with Gasteiger partial charge in [0.2, 0.25) is 0 Å². The molecule has 8 atom stereocenters. The third-order valence-corrected chi connectivity index (χ3v) is 14.9. The molecule has 0 heterocycles. The minimum atomic E-state index is -1.09. The maximum Gasteiger partial charge on any atom is 0.410 e. The number of ketones is 1. The zero-order valence-electron chi connectivity index (χ0n) is 28.4. The molecular weight excluding hydrogens is 538 g/mol. The number of alkyl carbamates (subject to hydrolysis) is 1. The third kappa shape index (κ3) is 4.19. The third-order valence-electron chi connectivity index (χ3n) is 14.9. The molecule has 6 rings (SSSR count). The lowest BCUT2D eigenvalue weighted by Crippen LogP contribution is -2.72. The highest BCUT2D eigenvalue weighted by molar-refractivity contribution is 6.00. The quantitative estimate of drug-likeness (QED) is 0.260. The first-order valence-electron chi connectivity index (χ1n) is 17.4. The van der Waals surface area contributed by atoms with Crippen LogP contribution >= 0.6 is 0 Å². The molecule has 6 aliphatic rings. The standard InChI is InChI=1S/C37H57NO5/c1-22(2)29-26(40)21-33(6)17-19-35(8)25(30(29)33)13-14-28-34(7)18-20-37(43-23(3)39,38-31(41)42-24-11-10-12-24)32(4,5)27(34)15-16-36(28,35)9/h22,24-25,27-28H,10-21H2,1-9H3,(H,38,41)/t25-,27+,28-,33+,34+,35-,36-,37+/m1/s1. The Labute approximate surface area is 259 Å². The van der Waals surface area contributed by atoms with Crippen molar-refractivity contribution in [2.24, 2.45) is 50.7 Å². The van der Waals surface area contributed by atoms with Gasteiger partial charge in [-0.1, -0.05) is 61.0 Å². The summed E-state index contributed by atoms with van der Waals surface area (Å²) in [6.45, 7) is 20.4. The number of carbonyl (C=O) groups is 3. The van der Waals surface area contributed by atoms with Gasteiger partial charge in [0.1, 0.15) is 6.10 Å². The van der Waals surface area contributed by atoms with Gasteiger partial charge in [-0.2, -0.15) is 0 Å². The fraction of sp³-hybridized carbons (Fsp3) is 0.865.